The fraction of sp³-hybridized carbons (Fsp3) is 0.462. The number of carbonyl (C=O) groups is 1. The van der Waals surface area contributed by atoms with Crippen LogP contribution < -0.4 is 5.32 Å². The summed E-state index contributed by atoms with van der Waals surface area (Å²) in [6.07, 6.45) is 3.03. The average molecular weight is 264 g/mol. The van der Waals surface area contributed by atoms with E-state index in [9.17, 15) is 14.9 Å². The van der Waals surface area contributed by atoms with Crippen LogP contribution in [0.5, 0.6) is 0 Å². The number of carbonyl (C=O) groups excluding carboxylic acids is 1. The van der Waals surface area contributed by atoms with Crippen molar-refractivity contribution in [3.8, 4) is 0 Å². The molecule has 2 rings (SSSR count). The van der Waals surface area contributed by atoms with Gasteiger partial charge in [-0.2, -0.15) is 0 Å². The molecule has 1 fully saturated rings. The number of nitro benzene ring substituents is 1. The first-order chi connectivity index (χ1) is 8.95. The number of ether oxygens (including phenoxy) is 1. The minimum atomic E-state index is -0.503. The molecular formula is C13H16N2O4. The minimum Gasteiger partial charge on any atom is -0.465 e. The van der Waals surface area contributed by atoms with Crippen molar-refractivity contribution < 1.29 is 14.5 Å². The van der Waals surface area contributed by atoms with Gasteiger partial charge in [-0.25, -0.2) is 4.79 Å². The van der Waals surface area contributed by atoms with Crippen LogP contribution in [0.4, 0.5) is 11.4 Å². The third-order valence-corrected chi connectivity index (χ3v) is 3.51. The van der Waals surface area contributed by atoms with E-state index in [1.54, 1.807) is 0 Å². The zero-order chi connectivity index (χ0) is 14.0. The molecular weight excluding hydrogens is 248 g/mol. The Morgan fingerprint density at radius 3 is 2.63 bits per heavy atom. The Hall–Kier alpha value is -2.11. The molecule has 0 atom stereocenters. The molecule has 1 aliphatic rings. The van der Waals surface area contributed by atoms with Gasteiger partial charge in [0.1, 0.15) is 5.69 Å². The number of anilines is 1. The Bertz CT molecular complexity index is 523. The van der Waals surface area contributed by atoms with Gasteiger partial charge >= 0.3 is 5.97 Å². The van der Waals surface area contributed by atoms with Gasteiger partial charge < -0.3 is 10.1 Å². The Labute approximate surface area is 110 Å². The summed E-state index contributed by atoms with van der Waals surface area (Å²) in [7, 11) is 1.28. The molecule has 0 aliphatic heterocycles. The number of nitro groups is 1. The first kappa shape index (κ1) is 13.3. The number of methoxy groups -OCH3 is 1. The molecule has 0 heterocycles. The van der Waals surface area contributed by atoms with E-state index >= 15 is 0 Å². The van der Waals surface area contributed by atoms with Crippen molar-refractivity contribution >= 4 is 17.3 Å². The SMILES string of the molecule is COC(=O)c1ccc([N+](=O)[O-])c(NC2(C)CCC2)c1. The molecule has 1 saturated carbocycles. The second kappa shape index (κ2) is 4.87. The summed E-state index contributed by atoms with van der Waals surface area (Å²) in [4.78, 5) is 22.0. The van der Waals surface area contributed by atoms with E-state index in [0.29, 0.717) is 11.3 Å². The van der Waals surface area contributed by atoms with Crippen LogP contribution in [-0.2, 0) is 4.74 Å². The van der Waals surface area contributed by atoms with Crippen molar-refractivity contribution in [1.29, 1.82) is 0 Å². The second-order valence-corrected chi connectivity index (χ2v) is 5.02. The lowest BCUT2D eigenvalue weighted by molar-refractivity contribution is -0.384. The number of hydrogen-bond acceptors (Lipinski definition) is 5. The quantitative estimate of drug-likeness (QED) is 0.513. The van der Waals surface area contributed by atoms with Crippen molar-refractivity contribution in [1.82, 2.24) is 0 Å². The van der Waals surface area contributed by atoms with Gasteiger partial charge in [-0.1, -0.05) is 0 Å². The fourth-order valence-electron chi connectivity index (χ4n) is 2.20. The van der Waals surface area contributed by atoms with Crippen LogP contribution in [0.3, 0.4) is 0 Å². The highest BCUT2D eigenvalue weighted by Crippen LogP contribution is 2.37. The summed E-state index contributed by atoms with van der Waals surface area (Å²) in [6, 6.07) is 4.21. The monoisotopic (exact) mass is 264 g/mol. The van der Waals surface area contributed by atoms with Crippen LogP contribution in [0.15, 0.2) is 18.2 Å². The number of nitrogens with one attached hydrogen (secondary N) is 1. The van der Waals surface area contributed by atoms with Gasteiger partial charge in [-0.15, -0.1) is 0 Å². The fourth-order valence-corrected chi connectivity index (χ4v) is 2.20. The molecule has 19 heavy (non-hydrogen) atoms. The molecule has 102 valence electrons. The maximum atomic E-state index is 11.5. The van der Waals surface area contributed by atoms with Gasteiger partial charge in [0.2, 0.25) is 0 Å². The lowest BCUT2D eigenvalue weighted by Crippen LogP contribution is -2.41. The Morgan fingerprint density at radius 1 is 1.47 bits per heavy atom. The molecule has 6 heteroatoms. The molecule has 0 amide bonds. The number of nitrogens with zero attached hydrogens (tertiary/aromatic N) is 1. The van der Waals surface area contributed by atoms with E-state index in [0.717, 1.165) is 19.3 Å². The van der Waals surface area contributed by atoms with Crippen molar-refractivity contribution in [3.05, 3.63) is 33.9 Å². The number of benzene rings is 1. The van der Waals surface area contributed by atoms with Gasteiger partial charge in [-0.3, -0.25) is 10.1 Å². The third-order valence-electron chi connectivity index (χ3n) is 3.51. The summed E-state index contributed by atoms with van der Waals surface area (Å²) >= 11 is 0. The van der Waals surface area contributed by atoms with E-state index in [1.165, 1.54) is 25.3 Å². The first-order valence-corrected chi connectivity index (χ1v) is 6.10. The van der Waals surface area contributed by atoms with Gasteiger partial charge in [-0.05, 0) is 38.3 Å². The van der Waals surface area contributed by atoms with Gasteiger partial charge in [0.15, 0.2) is 0 Å². The van der Waals surface area contributed by atoms with Crippen LogP contribution in [0.25, 0.3) is 0 Å². The summed E-state index contributed by atoms with van der Waals surface area (Å²) in [6.45, 7) is 2.02. The van der Waals surface area contributed by atoms with E-state index in [4.69, 9.17) is 0 Å². The largest absolute Gasteiger partial charge is 0.465 e. The zero-order valence-corrected chi connectivity index (χ0v) is 10.9. The molecule has 0 spiro atoms. The smallest absolute Gasteiger partial charge is 0.337 e. The average Bonchev–Trinajstić information content (AvgIpc) is 2.35. The molecule has 0 bridgehead atoms. The number of rotatable bonds is 4. The third kappa shape index (κ3) is 2.67. The molecule has 0 aromatic heterocycles. The molecule has 0 unspecified atom stereocenters. The normalized spacial score (nSPS) is 16.3. The highest BCUT2D eigenvalue weighted by atomic mass is 16.6. The summed E-state index contributed by atoms with van der Waals surface area (Å²) in [5.74, 6) is -0.503. The second-order valence-electron chi connectivity index (χ2n) is 5.02. The molecule has 0 radical (unpaired) electrons. The van der Waals surface area contributed by atoms with Crippen LogP contribution in [0.2, 0.25) is 0 Å². The Morgan fingerprint density at radius 2 is 2.16 bits per heavy atom. The zero-order valence-electron chi connectivity index (χ0n) is 10.9. The van der Waals surface area contributed by atoms with E-state index in [-0.39, 0.29) is 11.2 Å². The number of esters is 1. The van der Waals surface area contributed by atoms with Crippen molar-refractivity contribution in [3.63, 3.8) is 0 Å². The minimum absolute atomic E-state index is 0.0271. The standard InChI is InChI=1S/C13H16N2O4/c1-13(6-3-7-13)14-10-8-9(12(16)19-2)4-5-11(10)15(17)18/h4-5,8,14H,3,6-7H2,1-2H3. The Kier molecular flexibility index (Phi) is 3.42. The van der Waals surface area contributed by atoms with E-state index in [2.05, 4.69) is 10.1 Å². The van der Waals surface area contributed by atoms with Crippen molar-refractivity contribution in [2.75, 3.05) is 12.4 Å². The predicted molar refractivity (Wildman–Crippen MR) is 70.3 cm³/mol. The summed E-state index contributed by atoms with van der Waals surface area (Å²) < 4.78 is 4.63. The van der Waals surface area contributed by atoms with Gasteiger partial charge in [0.25, 0.3) is 5.69 Å². The molecule has 1 aromatic carbocycles. The molecule has 1 aliphatic carbocycles. The predicted octanol–water partition coefficient (Wildman–Crippen LogP) is 2.74. The highest BCUT2D eigenvalue weighted by Gasteiger charge is 2.33. The molecule has 0 saturated heterocycles. The van der Waals surface area contributed by atoms with E-state index in [1.807, 2.05) is 6.92 Å². The maximum absolute atomic E-state index is 11.5. The Balaban J connectivity index is 2.35. The van der Waals surface area contributed by atoms with Crippen molar-refractivity contribution in [2.45, 2.75) is 31.7 Å². The molecule has 1 aromatic rings. The number of hydrogen-bond donors (Lipinski definition) is 1. The maximum Gasteiger partial charge on any atom is 0.337 e. The van der Waals surface area contributed by atoms with Gasteiger partial charge in [0, 0.05) is 11.6 Å². The van der Waals surface area contributed by atoms with Crippen LogP contribution >= 0.6 is 0 Å². The summed E-state index contributed by atoms with van der Waals surface area (Å²) in [5, 5.41) is 14.2. The van der Waals surface area contributed by atoms with Crippen molar-refractivity contribution in [2.24, 2.45) is 0 Å². The lowest BCUT2D eigenvalue weighted by atomic mass is 9.78. The molecule has 6 nitrogen and oxygen atoms in total. The summed E-state index contributed by atoms with van der Waals surface area (Å²) in [5.41, 5.74) is 0.522. The van der Waals surface area contributed by atoms with Crippen LogP contribution in [0.1, 0.15) is 36.5 Å². The van der Waals surface area contributed by atoms with Crippen LogP contribution in [0, 0.1) is 10.1 Å². The highest BCUT2D eigenvalue weighted by molar-refractivity contribution is 5.91. The lowest BCUT2D eigenvalue weighted by Gasteiger charge is -2.39. The first-order valence-electron chi connectivity index (χ1n) is 6.10. The topological polar surface area (TPSA) is 81.5 Å². The molecule has 1 N–H and O–H groups in total. The van der Waals surface area contributed by atoms with Gasteiger partial charge in [0.05, 0.1) is 17.6 Å². The van der Waals surface area contributed by atoms with Crippen LogP contribution in [-0.4, -0.2) is 23.5 Å². The van der Waals surface area contributed by atoms with E-state index < -0.39 is 10.9 Å².